The van der Waals surface area contributed by atoms with Gasteiger partial charge in [-0.25, -0.2) is 0 Å². The van der Waals surface area contributed by atoms with Crippen LogP contribution in [0.3, 0.4) is 0 Å². The van der Waals surface area contributed by atoms with E-state index >= 15 is 0 Å². The van der Waals surface area contributed by atoms with E-state index in [1.165, 1.54) is 12.8 Å². The fourth-order valence-corrected chi connectivity index (χ4v) is 2.75. The van der Waals surface area contributed by atoms with Crippen LogP contribution in [0.2, 0.25) is 0 Å². The van der Waals surface area contributed by atoms with Gasteiger partial charge in [-0.2, -0.15) is 0 Å². The third-order valence-corrected chi connectivity index (χ3v) is 3.94. The lowest BCUT2D eigenvalue weighted by Gasteiger charge is -2.31. The molecular weight excluding hydrogens is 200 g/mol. The van der Waals surface area contributed by atoms with Gasteiger partial charge in [-0.05, 0) is 32.1 Å². The Bertz CT molecular complexity index is 194. The lowest BCUT2D eigenvalue weighted by atomic mass is 9.81. The molecule has 0 N–H and O–H groups in total. The Balaban J connectivity index is 1.99. The summed E-state index contributed by atoms with van der Waals surface area (Å²) in [5, 5.41) is 0. The standard InChI is InChI=1S/C11H19ClO2/c1-2-13-8-11(7-12)5-6-14-10(11)9-3-4-9/h9-10H,2-8H2,1H3. The minimum Gasteiger partial charge on any atom is -0.381 e. The zero-order chi connectivity index (χ0) is 10.0. The molecule has 2 unspecified atom stereocenters. The van der Waals surface area contributed by atoms with Gasteiger partial charge in [0.1, 0.15) is 0 Å². The van der Waals surface area contributed by atoms with Gasteiger partial charge in [0.25, 0.3) is 0 Å². The molecular formula is C11H19ClO2. The van der Waals surface area contributed by atoms with Crippen LogP contribution in [0.1, 0.15) is 26.2 Å². The molecule has 2 aliphatic rings. The minimum atomic E-state index is 0.110. The van der Waals surface area contributed by atoms with Gasteiger partial charge in [0, 0.05) is 24.5 Å². The second-order valence-corrected chi connectivity index (χ2v) is 4.78. The lowest BCUT2D eigenvalue weighted by molar-refractivity contribution is -0.0112. The first-order chi connectivity index (χ1) is 6.82. The molecule has 14 heavy (non-hydrogen) atoms. The molecule has 0 spiro atoms. The fraction of sp³-hybridized carbons (Fsp3) is 1.00. The second-order valence-electron chi connectivity index (χ2n) is 4.51. The number of alkyl halides is 1. The number of halogens is 1. The smallest absolute Gasteiger partial charge is 0.0693 e. The molecule has 0 amide bonds. The van der Waals surface area contributed by atoms with Gasteiger partial charge in [0.05, 0.1) is 12.7 Å². The summed E-state index contributed by atoms with van der Waals surface area (Å²) in [7, 11) is 0. The number of hydrogen-bond donors (Lipinski definition) is 0. The lowest BCUT2D eigenvalue weighted by Crippen LogP contribution is -2.39. The summed E-state index contributed by atoms with van der Waals surface area (Å²) >= 11 is 6.11. The highest BCUT2D eigenvalue weighted by Crippen LogP contribution is 2.48. The van der Waals surface area contributed by atoms with Crippen molar-refractivity contribution in [2.75, 3.05) is 25.7 Å². The van der Waals surface area contributed by atoms with E-state index in [0.717, 1.165) is 32.2 Å². The van der Waals surface area contributed by atoms with Gasteiger partial charge in [-0.1, -0.05) is 0 Å². The van der Waals surface area contributed by atoms with Gasteiger partial charge in [0.15, 0.2) is 0 Å². The molecule has 2 rings (SSSR count). The summed E-state index contributed by atoms with van der Waals surface area (Å²) in [6.07, 6.45) is 4.06. The molecule has 1 saturated heterocycles. The summed E-state index contributed by atoms with van der Waals surface area (Å²) < 4.78 is 11.4. The first-order valence-electron chi connectivity index (χ1n) is 5.58. The van der Waals surface area contributed by atoms with Gasteiger partial charge in [-0.3, -0.25) is 0 Å². The highest BCUT2D eigenvalue weighted by Gasteiger charge is 2.50. The maximum absolute atomic E-state index is 6.11. The first-order valence-corrected chi connectivity index (χ1v) is 6.11. The van der Waals surface area contributed by atoms with Crippen LogP contribution >= 0.6 is 11.6 Å². The van der Waals surface area contributed by atoms with E-state index in [2.05, 4.69) is 0 Å². The molecule has 1 aliphatic heterocycles. The number of hydrogen-bond acceptors (Lipinski definition) is 2. The molecule has 2 nitrogen and oxygen atoms in total. The van der Waals surface area contributed by atoms with E-state index in [1.807, 2.05) is 6.92 Å². The SMILES string of the molecule is CCOCC1(CCl)CCOC1C1CC1. The highest BCUT2D eigenvalue weighted by molar-refractivity contribution is 6.18. The van der Waals surface area contributed by atoms with Crippen molar-refractivity contribution in [3.8, 4) is 0 Å². The minimum absolute atomic E-state index is 0.110. The fourth-order valence-electron chi connectivity index (χ4n) is 2.38. The molecule has 0 aromatic heterocycles. The largest absolute Gasteiger partial charge is 0.381 e. The maximum atomic E-state index is 6.11. The van der Waals surface area contributed by atoms with Gasteiger partial charge >= 0.3 is 0 Å². The van der Waals surface area contributed by atoms with Crippen molar-refractivity contribution >= 4 is 11.6 Å². The van der Waals surface area contributed by atoms with Crippen molar-refractivity contribution in [1.82, 2.24) is 0 Å². The van der Waals surface area contributed by atoms with E-state index in [4.69, 9.17) is 21.1 Å². The molecule has 2 atom stereocenters. The predicted octanol–water partition coefficient (Wildman–Crippen LogP) is 2.45. The van der Waals surface area contributed by atoms with Gasteiger partial charge in [0.2, 0.25) is 0 Å². The van der Waals surface area contributed by atoms with E-state index in [-0.39, 0.29) is 5.41 Å². The molecule has 0 aromatic carbocycles. The Labute approximate surface area is 90.9 Å². The van der Waals surface area contributed by atoms with Crippen LogP contribution < -0.4 is 0 Å². The molecule has 1 aliphatic carbocycles. The summed E-state index contributed by atoms with van der Waals surface area (Å²) in [4.78, 5) is 0. The second kappa shape index (κ2) is 4.38. The van der Waals surface area contributed by atoms with Crippen molar-refractivity contribution in [2.24, 2.45) is 11.3 Å². The third-order valence-electron chi connectivity index (χ3n) is 3.41. The molecule has 1 heterocycles. The van der Waals surface area contributed by atoms with Crippen LogP contribution in [-0.4, -0.2) is 31.8 Å². The first kappa shape index (κ1) is 10.7. The van der Waals surface area contributed by atoms with Crippen LogP contribution in [0, 0.1) is 11.3 Å². The highest BCUT2D eigenvalue weighted by atomic mass is 35.5. The van der Waals surface area contributed by atoms with E-state index in [1.54, 1.807) is 0 Å². The molecule has 82 valence electrons. The Hall–Kier alpha value is 0.210. The van der Waals surface area contributed by atoms with E-state index < -0.39 is 0 Å². The van der Waals surface area contributed by atoms with E-state index in [0.29, 0.717) is 12.0 Å². The topological polar surface area (TPSA) is 18.5 Å². The van der Waals surface area contributed by atoms with Crippen LogP contribution in [0.15, 0.2) is 0 Å². The summed E-state index contributed by atoms with van der Waals surface area (Å²) in [6, 6.07) is 0. The molecule has 0 radical (unpaired) electrons. The number of ether oxygens (including phenoxy) is 2. The normalized spacial score (nSPS) is 37.7. The van der Waals surface area contributed by atoms with Crippen molar-refractivity contribution < 1.29 is 9.47 Å². The number of rotatable bonds is 5. The molecule has 3 heteroatoms. The predicted molar refractivity (Wildman–Crippen MR) is 56.7 cm³/mol. The summed E-state index contributed by atoms with van der Waals surface area (Å²) in [5.74, 6) is 1.44. The van der Waals surface area contributed by atoms with Crippen LogP contribution in [0.4, 0.5) is 0 Å². The van der Waals surface area contributed by atoms with Crippen LogP contribution in [-0.2, 0) is 9.47 Å². The van der Waals surface area contributed by atoms with Crippen LogP contribution in [0.25, 0.3) is 0 Å². The monoisotopic (exact) mass is 218 g/mol. The average Bonchev–Trinajstić information content (AvgIpc) is 2.97. The van der Waals surface area contributed by atoms with Crippen molar-refractivity contribution in [1.29, 1.82) is 0 Å². The van der Waals surface area contributed by atoms with Crippen molar-refractivity contribution in [3.63, 3.8) is 0 Å². The Morgan fingerprint density at radius 3 is 2.86 bits per heavy atom. The summed E-state index contributed by atoms with van der Waals surface area (Å²) in [6.45, 7) is 4.44. The zero-order valence-electron chi connectivity index (χ0n) is 8.80. The van der Waals surface area contributed by atoms with E-state index in [9.17, 15) is 0 Å². The molecule has 2 fully saturated rings. The zero-order valence-corrected chi connectivity index (χ0v) is 9.55. The average molecular weight is 219 g/mol. The molecule has 0 aromatic rings. The van der Waals surface area contributed by atoms with Gasteiger partial charge < -0.3 is 9.47 Å². The van der Waals surface area contributed by atoms with Crippen LogP contribution in [0.5, 0.6) is 0 Å². The van der Waals surface area contributed by atoms with Crippen molar-refractivity contribution in [3.05, 3.63) is 0 Å². The summed E-state index contributed by atoms with van der Waals surface area (Å²) in [5.41, 5.74) is 0.110. The molecule has 0 bridgehead atoms. The Morgan fingerprint density at radius 1 is 1.50 bits per heavy atom. The quantitative estimate of drug-likeness (QED) is 0.660. The maximum Gasteiger partial charge on any atom is 0.0693 e. The molecule has 1 saturated carbocycles. The van der Waals surface area contributed by atoms with Crippen molar-refractivity contribution in [2.45, 2.75) is 32.3 Å². The Kier molecular flexibility index (Phi) is 3.35. The third kappa shape index (κ3) is 1.93. The Morgan fingerprint density at radius 2 is 2.29 bits per heavy atom. The van der Waals surface area contributed by atoms with Gasteiger partial charge in [-0.15, -0.1) is 11.6 Å².